The summed E-state index contributed by atoms with van der Waals surface area (Å²) in [5.74, 6) is 0. The number of aliphatic hydroxyl groups is 1. The molecular weight excluding hydrogens is 242 g/mol. The molecule has 0 bridgehead atoms. The van der Waals surface area contributed by atoms with Crippen LogP contribution in [0.25, 0.3) is 0 Å². The maximum Gasteiger partial charge on any atom is 0.0583 e. The molecule has 1 unspecified atom stereocenters. The number of rotatable bonds is 5. The molecule has 1 rings (SSSR count). The monoisotopic (exact) mass is 259 g/mol. The predicted molar refractivity (Wildman–Crippen MR) is 71.1 cm³/mol. The molecule has 0 heterocycles. The second kappa shape index (κ2) is 5.92. The minimum atomic E-state index is -0.158. The van der Waals surface area contributed by atoms with E-state index < -0.39 is 0 Å². The lowest BCUT2D eigenvalue weighted by atomic mass is 10.0. The molecule has 4 heteroatoms. The van der Waals surface area contributed by atoms with Crippen molar-refractivity contribution in [2.75, 3.05) is 6.61 Å². The Labute approximate surface area is 106 Å². The van der Waals surface area contributed by atoms with Crippen LogP contribution in [0.1, 0.15) is 20.3 Å². The molecule has 1 atom stereocenters. The largest absolute Gasteiger partial charge is 0.395 e. The second-order valence-corrected chi connectivity index (χ2v) is 6.68. The number of hydrogen-bond acceptors (Lipinski definition) is 3. The highest BCUT2D eigenvalue weighted by Gasteiger charge is 2.22. The van der Waals surface area contributed by atoms with Crippen LogP contribution < -0.4 is 5.73 Å². The van der Waals surface area contributed by atoms with Crippen LogP contribution in [0.3, 0.4) is 0 Å². The summed E-state index contributed by atoms with van der Waals surface area (Å²) in [7, 11) is 0. The molecule has 1 aromatic rings. The van der Waals surface area contributed by atoms with Gasteiger partial charge in [-0.2, -0.15) is 0 Å². The molecule has 3 N–H and O–H groups in total. The van der Waals surface area contributed by atoms with Crippen molar-refractivity contribution in [1.29, 1.82) is 0 Å². The van der Waals surface area contributed by atoms with E-state index in [1.165, 1.54) is 4.90 Å². The van der Waals surface area contributed by atoms with E-state index in [1.807, 2.05) is 24.3 Å². The van der Waals surface area contributed by atoms with Crippen molar-refractivity contribution in [1.82, 2.24) is 0 Å². The molecule has 0 spiro atoms. The van der Waals surface area contributed by atoms with E-state index in [-0.39, 0.29) is 17.4 Å². The number of benzene rings is 1. The van der Waals surface area contributed by atoms with Gasteiger partial charge in [-0.3, -0.25) is 0 Å². The zero-order chi connectivity index (χ0) is 12.2. The first-order valence-corrected chi connectivity index (χ1v) is 6.43. The molecule has 0 fully saturated rings. The topological polar surface area (TPSA) is 46.2 Å². The fourth-order valence-electron chi connectivity index (χ4n) is 1.56. The Hall–Kier alpha value is -0.220. The molecule has 0 saturated carbocycles. The highest BCUT2D eigenvalue weighted by molar-refractivity contribution is 8.00. The van der Waals surface area contributed by atoms with Gasteiger partial charge in [0, 0.05) is 20.7 Å². The Morgan fingerprint density at radius 1 is 1.38 bits per heavy atom. The maximum atomic E-state index is 8.95. The fraction of sp³-hybridized carbons (Fsp3) is 0.500. The number of nitrogens with two attached hydrogens (primary N) is 1. The van der Waals surface area contributed by atoms with Crippen molar-refractivity contribution in [2.24, 2.45) is 5.73 Å². The Morgan fingerprint density at radius 2 is 1.94 bits per heavy atom. The maximum absolute atomic E-state index is 8.95. The van der Waals surface area contributed by atoms with Gasteiger partial charge in [-0.25, -0.2) is 0 Å². The average Bonchev–Trinajstić information content (AvgIpc) is 2.20. The zero-order valence-electron chi connectivity index (χ0n) is 9.61. The first-order chi connectivity index (χ1) is 7.43. The van der Waals surface area contributed by atoms with Gasteiger partial charge in [0.2, 0.25) is 0 Å². The summed E-state index contributed by atoms with van der Waals surface area (Å²) in [6, 6.07) is 7.60. The Bertz CT molecular complexity index is 326. The molecule has 0 aliphatic carbocycles. The SMILES string of the molecule is CC(C)(CC(N)CO)Sc1ccc(Cl)cc1. The lowest BCUT2D eigenvalue weighted by Crippen LogP contribution is -2.32. The van der Waals surface area contributed by atoms with Crippen LogP contribution in [0, 0.1) is 0 Å². The highest BCUT2D eigenvalue weighted by atomic mass is 35.5. The quantitative estimate of drug-likeness (QED) is 0.800. The Morgan fingerprint density at radius 3 is 2.44 bits per heavy atom. The summed E-state index contributed by atoms with van der Waals surface area (Å²) in [5.41, 5.74) is 5.75. The Balaban J connectivity index is 2.61. The van der Waals surface area contributed by atoms with Gasteiger partial charge in [0.25, 0.3) is 0 Å². The number of halogens is 1. The van der Waals surface area contributed by atoms with E-state index in [2.05, 4.69) is 13.8 Å². The number of thioether (sulfide) groups is 1. The molecule has 0 aliphatic rings. The summed E-state index contributed by atoms with van der Waals surface area (Å²) in [6.07, 6.45) is 0.775. The molecule has 1 aromatic carbocycles. The smallest absolute Gasteiger partial charge is 0.0583 e. The predicted octanol–water partition coefficient (Wildman–Crippen LogP) is 2.92. The second-order valence-electron chi connectivity index (χ2n) is 4.46. The van der Waals surface area contributed by atoms with Crippen molar-refractivity contribution in [3.05, 3.63) is 29.3 Å². The minimum absolute atomic E-state index is 0.00990. The molecule has 0 amide bonds. The van der Waals surface area contributed by atoms with Crippen molar-refractivity contribution in [2.45, 2.75) is 36.0 Å². The van der Waals surface area contributed by atoms with Crippen LogP contribution >= 0.6 is 23.4 Å². The van der Waals surface area contributed by atoms with Gasteiger partial charge in [-0.05, 0) is 30.7 Å². The normalized spacial score (nSPS) is 13.8. The summed E-state index contributed by atoms with van der Waals surface area (Å²) in [4.78, 5) is 1.17. The molecule has 2 nitrogen and oxygen atoms in total. The summed E-state index contributed by atoms with van der Waals surface area (Å²) >= 11 is 7.58. The van der Waals surface area contributed by atoms with E-state index >= 15 is 0 Å². The van der Waals surface area contributed by atoms with Crippen molar-refractivity contribution in [3.63, 3.8) is 0 Å². The molecule has 0 saturated heterocycles. The molecular formula is C12H18ClNOS. The molecule has 16 heavy (non-hydrogen) atoms. The zero-order valence-corrected chi connectivity index (χ0v) is 11.2. The van der Waals surface area contributed by atoms with Crippen molar-refractivity contribution < 1.29 is 5.11 Å². The third-order valence-corrected chi connectivity index (χ3v) is 3.68. The Kier molecular flexibility index (Phi) is 5.12. The van der Waals surface area contributed by atoms with Gasteiger partial charge in [-0.1, -0.05) is 25.4 Å². The molecule has 0 aromatic heterocycles. The third kappa shape index (κ3) is 4.74. The standard InChI is InChI=1S/C12H18ClNOS/c1-12(2,7-10(14)8-15)16-11-5-3-9(13)4-6-11/h3-6,10,15H,7-8,14H2,1-2H3. The minimum Gasteiger partial charge on any atom is -0.395 e. The fourth-order valence-corrected chi connectivity index (χ4v) is 2.89. The highest BCUT2D eigenvalue weighted by Crippen LogP contribution is 2.35. The van der Waals surface area contributed by atoms with Crippen LogP contribution in [-0.4, -0.2) is 22.5 Å². The van der Waals surface area contributed by atoms with Gasteiger partial charge in [-0.15, -0.1) is 11.8 Å². The van der Waals surface area contributed by atoms with E-state index in [0.717, 1.165) is 11.4 Å². The van der Waals surface area contributed by atoms with Crippen LogP contribution in [0.2, 0.25) is 5.02 Å². The van der Waals surface area contributed by atoms with Crippen LogP contribution in [-0.2, 0) is 0 Å². The lowest BCUT2D eigenvalue weighted by Gasteiger charge is -2.26. The van der Waals surface area contributed by atoms with Gasteiger partial charge in [0.1, 0.15) is 0 Å². The molecule has 0 radical (unpaired) electrons. The van der Waals surface area contributed by atoms with Crippen molar-refractivity contribution >= 4 is 23.4 Å². The summed E-state index contributed by atoms with van der Waals surface area (Å²) < 4.78 is 0.00990. The van der Waals surface area contributed by atoms with Gasteiger partial charge < -0.3 is 10.8 Å². The number of hydrogen-bond donors (Lipinski definition) is 2. The lowest BCUT2D eigenvalue weighted by molar-refractivity contribution is 0.254. The number of aliphatic hydroxyl groups excluding tert-OH is 1. The van der Waals surface area contributed by atoms with Gasteiger partial charge >= 0.3 is 0 Å². The van der Waals surface area contributed by atoms with Crippen molar-refractivity contribution in [3.8, 4) is 0 Å². The van der Waals surface area contributed by atoms with Gasteiger partial charge in [0.05, 0.1) is 6.61 Å². The molecule has 0 aliphatic heterocycles. The van der Waals surface area contributed by atoms with E-state index in [9.17, 15) is 0 Å². The average molecular weight is 260 g/mol. The van der Waals surface area contributed by atoms with Crippen LogP contribution in [0.4, 0.5) is 0 Å². The van der Waals surface area contributed by atoms with Crippen LogP contribution in [0.15, 0.2) is 29.2 Å². The van der Waals surface area contributed by atoms with E-state index in [1.54, 1.807) is 11.8 Å². The van der Waals surface area contributed by atoms with E-state index in [4.69, 9.17) is 22.4 Å². The third-order valence-electron chi connectivity index (χ3n) is 2.20. The first-order valence-electron chi connectivity index (χ1n) is 5.24. The summed E-state index contributed by atoms with van der Waals surface area (Å²) in [5, 5.41) is 9.69. The molecule has 90 valence electrons. The summed E-state index contributed by atoms with van der Waals surface area (Å²) in [6.45, 7) is 4.29. The van der Waals surface area contributed by atoms with Crippen LogP contribution in [0.5, 0.6) is 0 Å². The van der Waals surface area contributed by atoms with E-state index in [0.29, 0.717) is 0 Å². The first kappa shape index (κ1) is 13.8. The van der Waals surface area contributed by atoms with Gasteiger partial charge in [0.15, 0.2) is 0 Å².